The minimum atomic E-state index is -0.758. The molecule has 0 aliphatic heterocycles. The molecule has 52 valence electrons. The van der Waals surface area contributed by atoms with Crippen LogP contribution in [0.2, 0.25) is 0 Å². The van der Waals surface area contributed by atoms with Gasteiger partial charge in [0, 0.05) is 0 Å². The molecule has 0 radical (unpaired) electrons. The van der Waals surface area contributed by atoms with Crippen LogP contribution in [0.1, 0.15) is 13.3 Å². The first kappa shape index (κ1) is 8.49. The van der Waals surface area contributed by atoms with Crippen molar-refractivity contribution in [3.05, 3.63) is 0 Å². The topological polar surface area (TPSA) is 40.5 Å². The van der Waals surface area contributed by atoms with Gasteiger partial charge in [0.05, 0.1) is 0 Å². The molecule has 0 atom stereocenters. The minimum Gasteiger partial charge on any atom is -0.488 e. The van der Waals surface area contributed by atoms with Crippen LogP contribution in [-0.2, 0) is 0 Å². The van der Waals surface area contributed by atoms with E-state index in [4.69, 9.17) is 5.11 Å². The number of hydrogen-bond acceptors (Lipinski definition) is 2. The SMILES string of the molecule is CCCN(C)BC(=O)O. The van der Waals surface area contributed by atoms with Crippen LogP contribution in [0, 0.1) is 0 Å². The van der Waals surface area contributed by atoms with Crippen LogP contribution in [0.5, 0.6) is 0 Å². The number of carboxylic acid groups (broad SMARTS) is 1. The van der Waals surface area contributed by atoms with Crippen LogP contribution in [0.4, 0.5) is 4.79 Å². The van der Waals surface area contributed by atoms with Crippen LogP contribution in [0.15, 0.2) is 0 Å². The van der Waals surface area contributed by atoms with Crippen molar-refractivity contribution in [1.82, 2.24) is 4.81 Å². The van der Waals surface area contributed by atoms with Gasteiger partial charge in [-0.25, -0.2) is 0 Å². The van der Waals surface area contributed by atoms with E-state index in [0.29, 0.717) is 0 Å². The third-order valence-corrected chi connectivity index (χ3v) is 1.01. The van der Waals surface area contributed by atoms with Gasteiger partial charge in [-0.15, -0.1) is 0 Å². The van der Waals surface area contributed by atoms with Gasteiger partial charge in [-0.05, 0) is 20.0 Å². The second-order valence-electron chi connectivity index (χ2n) is 2.13. The lowest BCUT2D eigenvalue weighted by Gasteiger charge is -2.09. The highest BCUT2D eigenvalue weighted by Gasteiger charge is 2.04. The molecule has 0 aromatic carbocycles. The van der Waals surface area contributed by atoms with E-state index in [9.17, 15) is 4.79 Å². The Kier molecular flexibility index (Phi) is 4.14. The summed E-state index contributed by atoms with van der Waals surface area (Å²) in [7, 11) is 1.95. The van der Waals surface area contributed by atoms with Gasteiger partial charge in [-0.3, -0.25) is 4.79 Å². The molecule has 0 fully saturated rings. The first-order valence-corrected chi connectivity index (χ1v) is 3.07. The fourth-order valence-corrected chi connectivity index (χ4v) is 0.692. The molecular formula is C5H12BNO2. The molecule has 0 saturated heterocycles. The molecule has 0 spiro atoms. The largest absolute Gasteiger partial charge is 0.488 e. The molecule has 1 N–H and O–H groups in total. The Bertz CT molecular complexity index is 97.0. The molecule has 0 aromatic rings. The molecule has 0 amide bonds. The second kappa shape index (κ2) is 4.38. The number of hydrogen-bond donors (Lipinski definition) is 1. The lowest BCUT2D eigenvalue weighted by molar-refractivity contribution is 0.217. The maximum atomic E-state index is 10.0. The van der Waals surface area contributed by atoms with E-state index in [1.807, 2.05) is 6.92 Å². The summed E-state index contributed by atoms with van der Waals surface area (Å²) in [4.78, 5) is 11.8. The fraction of sp³-hybridized carbons (Fsp3) is 0.800. The summed E-state index contributed by atoms with van der Waals surface area (Å²) in [6, 6.07) is 0. The lowest BCUT2D eigenvalue weighted by atomic mass is 9.93. The van der Waals surface area contributed by atoms with Crippen molar-refractivity contribution in [2.24, 2.45) is 0 Å². The molecule has 0 aromatic heterocycles. The van der Waals surface area contributed by atoms with Crippen molar-refractivity contribution in [2.75, 3.05) is 13.6 Å². The van der Waals surface area contributed by atoms with E-state index >= 15 is 0 Å². The summed E-state index contributed by atoms with van der Waals surface area (Å²) in [5, 5.41) is 8.27. The summed E-state index contributed by atoms with van der Waals surface area (Å²) in [5.74, 6) is -0.758. The monoisotopic (exact) mass is 129 g/mol. The summed E-state index contributed by atoms with van der Waals surface area (Å²) < 4.78 is 0. The molecule has 0 unspecified atom stereocenters. The van der Waals surface area contributed by atoms with E-state index in [1.54, 1.807) is 11.9 Å². The van der Waals surface area contributed by atoms with Crippen LogP contribution in [0.25, 0.3) is 0 Å². The van der Waals surface area contributed by atoms with E-state index in [2.05, 4.69) is 0 Å². The summed E-state index contributed by atoms with van der Waals surface area (Å²) >= 11 is 0. The quantitative estimate of drug-likeness (QED) is 0.557. The summed E-state index contributed by atoms with van der Waals surface area (Å²) in [6.07, 6.45) is 1.00. The fourth-order valence-electron chi connectivity index (χ4n) is 0.692. The summed E-state index contributed by atoms with van der Waals surface area (Å²) in [5.41, 5.74) is 0. The molecule has 0 bridgehead atoms. The maximum absolute atomic E-state index is 10.0. The molecule has 3 nitrogen and oxygen atoms in total. The molecule has 4 heteroatoms. The molecule has 0 aliphatic rings. The molecule has 9 heavy (non-hydrogen) atoms. The zero-order chi connectivity index (χ0) is 7.28. The lowest BCUT2D eigenvalue weighted by Crippen LogP contribution is -2.29. The van der Waals surface area contributed by atoms with E-state index in [0.717, 1.165) is 13.0 Å². The first-order chi connectivity index (χ1) is 4.16. The Balaban J connectivity index is 3.26. The Hall–Kier alpha value is -0.505. The molecular weight excluding hydrogens is 117 g/mol. The molecule has 0 saturated carbocycles. The van der Waals surface area contributed by atoms with Crippen molar-refractivity contribution in [3.63, 3.8) is 0 Å². The number of nitrogens with zero attached hydrogens (tertiary/aromatic N) is 1. The standard InChI is InChI=1S/C5H12BNO2/c1-3-4-7(2)6-5(8)9/h6H,3-4H2,1-2H3,(H,8,9). The van der Waals surface area contributed by atoms with Gasteiger partial charge >= 0.3 is 7.41 Å². The van der Waals surface area contributed by atoms with Crippen molar-refractivity contribution in [2.45, 2.75) is 13.3 Å². The third-order valence-electron chi connectivity index (χ3n) is 1.01. The predicted octanol–water partition coefficient (Wildman–Crippen LogP) is 0.358. The highest BCUT2D eigenvalue weighted by Crippen LogP contribution is 1.82. The minimum absolute atomic E-state index is 0.147. The Morgan fingerprint density at radius 2 is 2.33 bits per heavy atom. The van der Waals surface area contributed by atoms with Gasteiger partial charge in [0.15, 0.2) is 0 Å². The van der Waals surface area contributed by atoms with Crippen molar-refractivity contribution < 1.29 is 9.90 Å². The van der Waals surface area contributed by atoms with Gasteiger partial charge in [0.1, 0.15) is 0 Å². The van der Waals surface area contributed by atoms with E-state index < -0.39 is 5.87 Å². The van der Waals surface area contributed by atoms with Crippen LogP contribution in [-0.4, -0.2) is 36.8 Å². The second-order valence-corrected chi connectivity index (χ2v) is 2.13. The number of rotatable bonds is 4. The van der Waals surface area contributed by atoms with Crippen LogP contribution < -0.4 is 0 Å². The Morgan fingerprint density at radius 3 is 2.67 bits per heavy atom. The highest BCUT2D eigenvalue weighted by atomic mass is 16.4. The smallest absolute Gasteiger partial charge is 0.340 e. The van der Waals surface area contributed by atoms with Crippen LogP contribution >= 0.6 is 0 Å². The van der Waals surface area contributed by atoms with Gasteiger partial charge < -0.3 is 9.92 Å². The van der Waals surface area contributed by atoms with Gasteiger partial charge in [-0.2, -0.15) is 0 Å². The predicted molar refractivity (Wildman–Crippen MR) is 38.1 cm³/mol. The van der Waals surface area contributed by atoms with Gasteiger partial charge in [-0.1, -0.05) is 6.92 Å². The molecule has 0 rings (SSSR count). The maximum Gasteiger partial charge on any atom is 0.340 e. The Morgan fingerprint density at radius 1 is 1.78 bits per heavy atom. The summed E-state index contributed by atoms with van der Waals surface area (Å²) in [6.45, 7) is 2.88. The van der Waals surface area contributed by atoms with Crippen molar-refractivity contribution >= 4 is 13.3 Å². The van der Waals surface area contributed by atoms with Gasteiger partial charge in [0.2, 0.25) is 0 Å². The zero-order valence-corrected chi connectivity index (χ0v) is 5.92. The average Bonchev–Trinajstić information content (AvgIpc) is 1.63. The highest BCUT2D eigenvalue weighted by molar-refractivity contribution is 6.69. The van der Waals surface area contributed by atoms with Crippen LogP contribution in [0.3, 0.4) is 0 Å². The molecule has 0 heterocycles. The average molecular weight is 129 g/mol. The zero-order valence-electron chi connectivity index (χ0n) is 5.92. The van der Waals surface area contributed by atoms with E-state index in [-0.39, 0.29) is 7.41 Å². The Labute approximate surface area is 55.9 Å². The van der Waals surface area contributed by atoms with Gasteiger partial charge in [0.25, 0.3) is 5.87 Å². The van der Waals surface area contributed by atoms with Crippen molar-refractivity contribution in [1.29, 1.82) is 0 Å². The number of carbonyl (C=O) groups is 1. The normalized spacial score (nSPS) is 9.67. The van der Waals surface area contributed by atoms with E-state index in [1.165, 1.54) is 0 Å². The van der Waals surface area contributed by atoms with Crippen molar-refractivity contribution in [3.8, 4) is 0 Å². The molecule has 0 aliphatic carbocycles. The third kappa shape index (κ3) is 5.36. The first-order valence-electron chi connectivity index (χ1n) is 3.07.